The van der Waals surface area contributed by atoms with Gasteiger partial charge in [-0.1, -0.05) is 36.4 Å². The smallest absolute Gasteiger partial charge is 0.228 e. The van der Waals surface area contributed by atoms with E-state index >= 15 is 0 Å². The zero-order valence-corrected chi connectivity index (χ0v) is 13.5. The second-order valence-corrected chi connectivity index (χ2v) is 5.97. The number of fused-ring (bicyclic) bond motifs is 3. The van der Waals surface area contributed by atoms with Crippen molar-refractivity contribution < 1.29 is 4.42 Å². The molecule has 0 atom stereocenters. The third-order valence-electron chi connectivity index (χ3n) is 4.43. The van der Waals surface area contributed by atoms with Crippen molar-refractivity contribution in [2.45, 2.75) is 6.54 Å². The van der Waals surface area contributed by atoms with Crippen molar-refractivity contribution in [2.24, 2.45) is 0 Å². The lowest BCUT2D eigenvalue weighted by Gasteiger charge is -2.29. The molecule has 25 heavy (non-hydrogen) atoms. The van der Waals surface area contributed by atoms with Gasteiger partial charge in [0.2, 0.25) is 5.89 Å². The molecule has 1 aliphatic rings. The van der Waals surface area contributed by atoms with Crippen LogP contribution in [0, 0.1) is 0 Å². The van der Waals surface area contributed by atoms with Crippen molar-refractivity contribution in [3.8, 4) is 22.7 Å². The predicted molar refractivity (Wildman–Crippen MR) is 97.5 cm³/mol. The summed E-state index contributed by atoms with van der Waals surface area (Å²) >= 11 is 0. The summed E-state index contributed by atoms with van der Waals surface area (Å²) in [4.78, 5) is 11.2. The van der Waals surface area contributed by atoms with Gasteiger partial charge in [0.05, 0.1) is 17.8 Å². The Morgan fingerprint density at radius 1 is 0.880 bits per heavy atom. The van der Waals surface area contributed by atoms with Gasteiger partial charge in [0.25, 0.3) is 0 Å². The van der Waals surface area contributed by atoms with Gasteiger partial charge >= 0.3 is 0 Å². The summed E-state index contributed by atoms with van der Waals surface area (Å²) in [5, 5.41) is 0. The molecule has 2 aromatic heterocycles. The molecule has 0 bridgehead atoms. The third-order valence-corrected chi connectivity index (χ3v) is 4.43. The van der Waals surface area contributed by atoms with E-state index in [4.69, 9.17) is 9.40 Å². The van der Waals surface area contributed by atoms with Gasteiger partial charge < -0.3 is 9.32 Å². The van der Waals surface area contributed by atoms with Crippen LogP contribution in [0.15, 0.2) is 83.5 Å². The Bertz CT molecular complexity index is 1030. The van der Waals surface area contributed by atoms with Crippen LogP contribution in [0.4, 0.5) is 11.4 Å². The molecule has 4 nitrogen and oxygen atoms in total. The first-order chi connectivity index (χ1) is 12.4. The Morgan fingerprint density at radius 2 is 1.72 bits per heavy atom. The summed E-state index contributed by atoms with van der Waals surface area (Å²) in [6.07, 6.45) is 3.52. The minimum atomic E-state index is 0.614. The molecule has 4 heteroatoms. The fraction of sp³-hybridized carbons (Fsp3) is 0.0476. The van der Waals surface area contributed by atoms with Crippen LogP contribution in [-0.4, -0.2) is 9.97 Å². The molecule has 0 amide bonds. The van der Waals surface area contributed by atoms with E-state index in [1.165, 1.54) is 0 Å². The van der Waals surface area contributed by atoms with Crippen LogP contribution in [0.2, 0.25) is 0 Å². The van der Waals surface area contributed by atoms with Gasteiger partial charge in [0, 0.05) is 23.6 Å². The number of pyridine rings is 1. The molecule has 0 saturated carbocycles. The van der Waals surface area contributed by atoms with E-state index in [2.05, 4.69) is 52.3 Å². The summed E-state index contributed by atoms with van der Waals surface area (Å²) in [7, 11) is 0. The summed E-state index contributed by atoms with van der Waals surface area (Å²) in [6, 6.07) is 22.5. The van der Waals surface area contributed by atoms with Crippen molar-refractivity contribution in [2.75, 3.05) is 4.90 Å². The van der Waals surface area contributed by atoms with Gasteiger partial charge in [-0.05, 0) is 30.3 Å². The standard InChI is InChI=1S/C21H15N3O/c1-2-8-16(9-3-1)24-14-19-20(17-10-4-5-11-18(17)24)23-21(25-19)15-7-6-12-22-13-15/h1-13H,14H2. The van der Waals surface area contributed by atoms with E-state index in [9.17, 15) is 0 Å². The molecule has 5 rings (SSSR count). The van der Waals surface area contributed by atoms with E-state index < -0.39 is 0 Å². The number of anilines is 2. The molecular formula is C21H15N3O. The van der Waals surface area contributed by atoms with Crippen molar-refractivity contribution in [1.82, 2.24) is 9.97 Å². The molecule has 1 aliphatic heterocycles. The Morgan fingerprint density at radius 3 is 2.56 bits per heavy atom. The molecule has 0 spiro atoms. The first-order valence-corrected chi connectivity index (χ1v) is 8.22. The van der Waals surface area contributed by atoms with Crippen LogP contribution >= 0.6 is 0 Å². The lowest BCUT2D eigenvalue weighted by atomic mass is 10.0. The molecule has 0 fully saturated rings. The monoisotopic (exact) mass is 325 g/mol. The quantitative estimate of drug-likeness (QED) is 0.517. The lowest BCUT2D eigenvalue weighted by Crippen LogP contribution is -2.20. The maximum Gasteiger partial charge on any atom is 0.228 e. The summed E-state index contributed by atoms with van der Waals surface area (Å²) in [6.45, 7) is 0.656. The third kappa shape index (κ3) is 2.31. The van der Waals surface area contributed by atoms with Gasteiger partial charge in [-0.15, -0.1) is 0 Å². The van der Waals surface area contributed by atoms with Crippen LogP contribution < -0.4 is 4.90 Å². The average molecular weight is 325 g/mol. The summed E-state index contributed by atoms with van der Waals surface area (Å²) in [5.41, 5.74) is 5.18. The molecule has 2 aromatic carbocycles. The van der Waals surface area contributed by atoms with Gasteiger partial charge in [-0.3, -0.25) is 4.98 Å². The van der Waals surface area contributed by atoms with Crippen LogP contribution in [0.25, 0.3) is 22.7 Å². The van der Waals surface area contributed by atoms with E-state index in [0.29, 0.717) is 12.4 Å². The number of para-hydroxylation sites is 2. The molecule has 4 aromatic rings. The Hall–Kier alpha value is -3.40. The first-order valence-electron chi connectivity index (χ1n) is 8.22. The fourth-order valence-corrected chi connectivity index (χ4v) is 3.26. The normalized spacial score (nSPS) is 12.6. The Balaban J connectivity index is 1.67. The number of aromatic nitrogens is 2. The van der Waals surface area contributed by atoms with Gasteiger partial charge in [-0.2, -0.15) is 0 Å². The number of rotatable bonds is 2. The van der Waals surface area contributed by atoms with Crippen molar-refractivity contribution in [3.63, 3.8) is 0 Å². The van der Waals surface area contributed by atoms with E-state index in [-0.39, 0.29) is 0 Å². The highest BCUT2D eigenvalue weighted by atomic mass is 16.4. The largest absolute Gasteiger partial charge is 0.439 e. The fourth-order valence-electron chi connectivity index (χ4n) is 3.26. The van der Waals surface area contributed by atoms with Gasteiger partial charge in [0.1, 0.15) is 5.69 Å². The second kappa shape index (κ2) is 5.60. The van der Waals surface area contributed by atoms with Gasteiger partial charge in [-0.25, -0.2) is 4.98 Å². The van der Waals surface area contributed by atoms with Crippen molar-refractivity contribution in [1.29, 1.82) is 0 Å². The molecule has 0 saturated heterocycles. The van der Waals surface area contributed by atoms with E-state index in [1.54, 1.807) is 12.4 Å². The topological polar surface area (TPSA) is 42.2 Å². The lowest BCUT2D eigenvalue weighted by molar-refractivity contribution is 0.518. The zero-order chi connectivity index (χ0) is 16.6. The summed E-state index contributed by atoms with van der Waals surface area (Å²) in [5.74, 6) is 1.49. The number of hydrogen-bond acceptors (Lipinski definition) is 4. The minimum Gasteiger partial charge on any atom is -0.439 e. The van der Waals surface area contributed by atoms with Crippen LogP contribution in [0.5, 0.6) is 0 Å². The van der Waals surface area contributed by atoms with Crippen LogP contribution in [-0.2, 0) is 6.54 Å². The number of benzene rings is 2. The van der Waals surface area contributed by atoms with Gasteiger partial charge in [0.15, 0.2) is 5.76 Å². The first kappa shape index (κ1) is 14.0. The highest BCUT2D eigenvalue weighted by molar-refractivity contribution is 5.85. The predicted octanol–water partition coefficient (Wildman–Crippen LogP) is 5.06. The average Bonchev–Trinajstić information content (AvgIpc) is 3.13. The molecular weight excluding hydrogens is 310 g/mol. The van der Waals surface area contributed by atoms with Crippen LogP contribution in [0.1, 0.15) is 5.76 Å². The van der Waals surface area contributed by atoms with Crippen LogP contribution in [0.3, 0.4) is 0 Å². The highest BCUT2D eigenvalue weighted by Crippen LogP contribution is 2.43. The number of nitrogens with zero attached hydrogens (tertiary/aromatic N) is 3. The van der Waals surface area contributed by atoms with E-state index in [1.807, 2.05) is 24.3 Å². The molecule has 0 N–H and O–H groups in total. The Kier molecular flexibility index (Phi) is 3.13. The maximum absolute atomic E-state index is 6.11. The maximum atomic E-state index is 6.11. The highest BCUT2D eigenvalue weighted by Gasteiger charge is 2.28. The van der Waals surface area contributed by atoms with Crippen molar-refractivity contribution in [3.05, 3.63) is 84.9 Å². The molecule has 0 aliphatic carbocycles. The molecule has 120 valence electrons. The summed E-state index contributed by atoms with van der Waals surface area (Å²) < 4.78 is 6.11. The molecule has 0 unspecified atom stereocenters. The van der Waals surface area contributed by atoms with Crippen molar-refractivity contribution >= 4 is 11.4 Å². The molecule has 3 heterocycles. The zero-order valence-electron chi connectivity index (χ0n) is 13.5. The SMILES string of the molecule is c1ccc(N2Cc3oc(-c4cccnc4)nc3-c3ccccc32)cc1. The molecule has 0 radical (unpaired) electrons. The number of oxazole rings is 1. The number of hydrogen-bond donors (Lipinski definition) is 0. The van der Waals surface area contributed by atoms with E-state index in [0.717, 1.165) is 34.0 Å². The Labute approximate surface area is 145 Å². The second-order valence-electron chi connectivity index (χ2n) is 5.97. The minimum absolute atomic E-state index is 0.614.